The molecule has 0 aliphatic carbocycles. The van der Waals surface area contributed by atoms with Crippen LogP contribution in [0, 0.1) is 0 Å². The van der Waals surface area contributed by atoms with Crippen LogP contribution >= 0.6 is 22.6 Å². The molecule has 0 heterocycles. The molecular weight excluding hydrogens is 241 g/mol. The van der Waals surface area contributed by atoms with Crippen molar-refractivity contribution in [3.05, 3.63) is 24.4 Å². The highest BCUT2D eigenvalue weighted by Crippen LogP contribution is 2.00. The number of carbonyl (C=O) groups excluding carboxylic acids is 1. The molecule has 0 saturated carbocycles. The first-order valence-electron chi connectivity index (χ1n) is 2.84. The van der Waals surface area contributed by atoms with Crippen molar-refractivity contribution in [3.63, 3.8) is 0 Å². The maximum atomic E-state index is 10.9. The topological polar surface area (TPSA) is 43.1 Å². The third kappa shape index (κ3) is 4.55. The zero-order valence-corrected chi connectivity index (χ0v) is 7.96. The van der Waals surface area contributed by atoms with Crippen molar-refractivity contribution in [2.24, 2.45) is 5.73 Å². The Bertz CT molecular complexity index is 172. The van der Waals surface area contributed by atoms with Gasteiger partial charge < -0.3 is 5.73 Å². The van der Waals surface area contributed by atoms with Gasteiger partial charge in [-0.15, -0.1) is 0 Å². The molecule has 1 atom stereocenters. The van der Waals surface area contributed by atoms with Crippen LogP contribution in [-0.4, -0.2) is 9.71 Å². The summed E-state index contributed by atoms with van der Waals surface area (Å²) in [6, 6.07) is 0. The van der Waals surface area contributed by atoms with Crippen molar-refractivity contribution in [2.75, 3.05) is 0 Å². The van der Waals surface area contributed by atoms with Gasteiger partial charge in [0.1, 0.15) is 0 Å². The molecule has 0 aliphatic rings. The molecular formula is C7H10INO. The zero-order valence-electron chi connectivity index (χ0n) is 5.80. The predicted molar refractivity (Wildman–Crippen MR) is 51.0 cm³/mol. The molecule has 0 bridgehead atoms. The summed E-state index contributed by atoms with van der Waals surface area (Å²) in [6.07, 6.45) is 2.96. The van der Waals surface area contributed by atoms with E-state index in [0.29, 0.717) is 5.70 Å². The van der Waals surface area contributed by atoms with Crippen molar-refractivity contribution >= 4 is 28.4 Å². The van der Waals surface area contributed by atoms with Crippen LogP contribution in [0.25, 0.3) is 0 Å². The van der Waals surface area contributed by atoms with E-state index >= 15 is 0 Å². The molecule has 10 heavy (non-hydrogen) atoms. The van der Waals surface area contributed by atoms with Crippen LogP contribution in [0.1, 0.15) is 6.92 Å². The molecule has 0 rings (SSSR count). The van der Waals surface area contributed by atoms with Crippen molar-refractivity contribution in [1.29, 1.82) is 0 Å². The van der Waals surface area contributed by atoms with Gasteiger partial charge in [0.2, 0.25) is 0 Å². The largest absolute Gasteiger partial charge is 0.399 e. The highest BCUT2D eigenvalue weighted by atomic mass is 127. The maximum absolute atomic E-state index is 10.9. The van der Waals surface area contributed by atoms with Crippen LogP contribution in [0.2, 0.25) is 0 Å². The number of hydrogen-bond donors (Lipinski definition) is 1. The molecule has 3 heteroatoms. The second kappa shape index (κ2) is 4.49. The first-order chi connectivity index (χ1) is 4.54. The minimum Gasteiger partial charge on any atom is -0.399 e. The molecule has 56 valence electrons. The molecule has 0 aromatic carbocycles. The molecule has 1 unspecified atom stereocenters. The van der Waals surface area contributed by atoms with Gasteiger partial charge in [-0.1, -0.05) is 29.2 Å². The third-order valence-corrected chi connectivity index (χ3v) is 1.47. The summed E-state index contributed by atoms with van der Waals surface area (Å²) in [5.41, 5.74) is 5.61. The van der Waals surface area contributed by atoms with Crippen molar-refractivity contribution in [3.8, 4) is 0 Å². The summed E-state index contributed by atoms with van der Waals surface area (Å²) in [6.45, 7) is 5.25. The van der Waals surface area contributed by atoms with E-state index in [1.165, 1.54) is 12.2 Å². The quantitative estimate of drug-likeness (QED) is 0.356. The third-order valence-electron chi connectivity index (χ3n) is 0.854. The molecule has 2 nitrogen and oxygen atoms in total. The number of allylic oxidation sites excluding steroid dienone is 2. The van der Waals surface area contributed by atoms with Gasteiger partial charge in [-0.25, -0.2) is 0 Å². The van der Waals surface area contributed by atoms with E-state index in [0.717, 1.165) is 0 Å². The Morgan fingerprint density at radius 2 is 2.20 bits per heavy atom. The van der Waals surface area contributed by atoms with E-state index in [-0.39, 0.29) is 9.71 Å². The fourth-order valence-electron chi connectivity index (χ4n) is 0.322. The first-order valence-corrected chi connectivity index (χ1v) is 4.09. The molecule has 0 saturated heterocycles. The van der Waals surface area contributed by atoms with E-state index in [2.05, 4.69) is 6.58 Å². The first kappa shape index (κ1) is 9.68. The summed E-state index contributed by atoms with van der Waals surface area (Å²) in [5, 5.41) is 0. The Morgan fingerprint density at radius 1 is 1.70 bits per heavy atom. The van der Waals surface area contributed by atoms with E-state index < -0.39 is 0 Å². The number of ketones is 1. The lowest BCUT2D eigenvalue weighted by Crippen LogP contribution is -2.05. The van der Waals surface area contributed by atoms with Crippen LogP contribution < -0.4 is 5.73 Å². The van der Waals surface area contributed by atoms with E-state index in [4.69, 9.17) is 5.73 Å². The fraction of sp³-hybridized carbons (Fsp3) is 0.286. The van der Waals surface area contributed by atoms with E-state index in [1.54, 1.807) is 0 Å². The average Bonchev–Trinajstić information content (AvgIpc) is 1.82. The summed E-state index contributed by atoms with van der Waals surface area (Å²) in [7, 11) is 0. The molecule has 0 aromatic heterocycles. The Balaban J connectivity index is 3.90. The standard InChI is InChI=1S/C7H10INO/c1-5(9)3-4-7(10)6(2)8/h3-4,6H,1,9H2,2H3/b4-3-. The van der Waals surface area contributed by atoms with Gasteiger partial charge >= 0.3 is 0 Å². The van der Waals surface area contributed by atoms with Gasteiger partial charge in [-0.05, 0) is 19.1 Å². The van der Waals surface area contributed by atoms with Crippen LogP contribution in [0.15, 0.2) is 24.4 Å². The summed E-state index contributed by atoms with van der Waals surface area (Å²) in [4.78, 5) is 10.9. The summed E-state index contributed by atoms with van der Waals surface area (Å²) in [5.74, 6) is 0.0622. The van der Waals surface area contributed by atoms with Crippen LogP contribution in [0.3, 0.4) is 0 Å². The van der Waals surface area contributed by atoms with Crippen molar-refractivity contribution in [1.82, 2.24) is 0 Å². The summed E-state index contributed by atoms with van der Waals surface area (Å²) >= 11 is 2.04. The average molecular weight is 251 g/mol. The van der Waals surface area contributed by atoms with Gasteiger partial charge in [0, 0.05) is 5.70 Å². The molecule has 0 aromatic rings. The molecule has 0 fully saturated rings. The molecule has 0 aliphatic heterocycles. The van der Waals surface area contributed by atoms with Crippen molar-refractivity contribution < 1.29 is 4.79 Å². The lowest BCUT2D eigenvalue weighted by atomic mass is 10.3. The van der Waals surface area contributed by atoms with Gasteiger partial charge in [-0.2, -0.15) is 0 Å². The Kier molecular flexibility index (Phi) is 4.34. The second-order valence-corrected chi connectivity index (χ2v) is 3.80. The summed E-state index contributed by atoms with van der Waals surface area (Å²) < 4.78 is 0.00759. The van der Waals surface area contributed by atoms with Crippen LogP contribution in [0.5, 0.6) is 0 Å². The monoisotopic (exact) mass is 251 g/mol. The smallest absolute Gasteiger partial charge is 0.168 e. The second-order valence-electron chi connectivity index (χ2n) is 1.93. The molecule has 0 amide bonds. The number of hydrogen-bond acceptors (Lipinski definition) is 2. The van der Waals surface area contributed by atoms with Gasteiger partial charge in [-0.3, -0.25) is 4.79 Å². The minimum absolute atomic E-state index is 0.00759. The maximum Gasteiger partial charge on any atom is 0.168 e. The number of alkyl halides is 1. The van der Waals surface area contributed by atoms with Gasteiger partial charge in [0.05, 0.1) is 3.92 Å². The van der Waals surface area contributed by atoms with E-state index in [9.17, 15) is 4.79 Å². The fourth-order valence-corrected chi connectivity index (χ4v) is 0.529. The number of nitrogens with two attached hydrogens (primary N) is 1. The Morgan fingerprint density at radius 3 is 2.50 bits per heavy atom. The van der Waals surface area contributed by atoms with Gasteiger partial charge in [0.25, 0.3) is 0 Å². The SMILES string of the molecule is C=C(N)/C=C\C(=O)C(C)I. The number of halogens is 1. The lowest BCUT2D eigenvalue weighted by molar-refractivity contribution is -0.113. The lowest BCUT2D eigenvalue weighted by Gasteiger charge is -1.93. The number of carbonyl (C=O) groups is 1. The predicted octanol–water partition coefficient (Wildman–Crippen LogP) is 1.41. The van der Waals surface area contributed by atoms with Gasteiger partial charge in [0.15, 0.2) is 5.78 Å². The zero-order chi connectivity index (χ0) is 8.15. The van der Waals surface area contributed by atoms with Crippen LogP contribution in [-0.2, 0) is 4.79 Å². The molecule has 2 N–H and O–H groups in total. The number of rotatable bonds is 3. The Labute approximate surface area is 74.3 Å². The highest BCUT2D eigenvalue weighted by molar-refractivity contribution is 14.1. The molecule has 0 radical (unpaired) electrons. The molecule has 0 spiro atoms. The normalized spacial score (nSPS) is 13.4. The Hall–Kier alpha value is -0.320. The minimum atomic E-state index is 0.00759. The van der Waals surface area contributed by atoms with Crippen LogP contribution in [0.4, 0.5) is 0 Å². The highest BCUT2D eigenvalue weighted by Gasteiger charge is 2.02. The van der Waals surface area contributed by atoms with E-state index in [1.807, 2.05) is 29.5 Å². The van der Waals surface area contributed by atoms with Crippen molar-refractivity contribution in [2.45, 2.75) is 10.8 Å².